The van der Waals surface area contributed by atoms with Crippen LogP contribution >= 0.6 is 11.8 Å². The van der Waals surface area contributed by atoms with Gasteiger partial charge in [0.1, 0.15) is 24.8 Å². The maximum absolute atomic E-state index is 12.8. The molecule has 0 aromatic rings. The van der Waals surface area contributed by atoms with Gasteiger partial charge in [0.25, 0.3) is 0 Å². The number of amides is 4. The Hall–Kier alpha value is -3.93. The fourth-order valence-corrected chi connectivity index (χ4v) is 7.75. The first-order valence-electron chi connectivity index (χ1n) is 24.0. The summed E-state index contributed by atoms with van der Waals surface area (Å²) in [5, 5.41) is 25.1. The maximum Gasteiger partial charge on any atom is 0.326 e. The smallest absolute Gasteiger partial charge is 0.326 e. The average Bonchev–Trinajstić information content (AvgIpc) is 3.25. The average molecular weight is 930 g/mol. The molecule has 4 atom stereocenters. The van der Waals surface area contributed by atoms with Crippen LogP contribution in [-0.2, 0) is 47.8 Å². The Labute approximate surface area is 386 Å². The van der Waals surface area contributed by atoms with Crippen LogP contribution < -0.4 is 27.4 Å². The van der Waals surface area contributed by atoms with E-state index >= 15 is 0 Å². The van der Waals surface area contributed by atoms with Crippen LogP contribution in [0.2, 0.25) is 0 Å². The van der Waals surface area contributed by atoms with Gasteiger partial charge in [-0.05, 0) is 25.7 Å². The highest BCUT2D eigenvalue weighted by molar-refractivity contribution is 7.99. The lowest BCUT2D eigenvalue weighted by Gasteiger charge is -2.21. The number of hydrogen-bond donors (Lipinski definition) is 7. The van der Waals surface area contributed by atoms with E-state index in [-0.39, 0.29) is 49.8 Å². The van der Waals surface area contributed by atoms with Crippen LogP contribution in [0.5, 0.6) is 0 Å². The highest BCUT2D eigenvalue weighted by Gasteiger charge is 2.28. The lowest BCUT2D eigenvalue weighted by molar-refractivity contribution is -0.157. The van der Waals surface area contributed by atoms with E-state index in [1.54, 1.807) is 0 Å². The lowest BCUT2D eigenvalue weighted by atomic mass is 10.1. The zero-order valence-electron chi connectivity index (χ0n) is 39.0. The maximum atomic E-state index is 12.8. The largest absolute Gasteiger partial charge is 0.481 e. The Balaban J connectivity index is 5.04. The van der Waals surface area contributed by atoms with E-state index in [4.69, 9.17) is 26.0 Å². The van der Waals surface area contributed by atoms with Gasteiger partial charge in [-0.1, -0.05) is 142 Å². The first-order valence-corrected chi connectivity index (χ1v) is 25.1. The molecule has 64 heavy (non-hydrogen) atoms. The van der Waals surface area contributed by atoms with Crippen LogP contribution in [0.25, 0.3) is 0 Å². The van der Waals surface area contributed by atoms with Gasteiger partial charge in [0, 0.05) is 37.2 Å². The number of nitrogens with one attached hydrogen (secondary N) is 3. The molecule has 9 N–H and O–H groups in total. The van der Waals surface area contributed by atoms with Gasteiger partial charge < -0.3 is 47.1 Å². The minimum Gasteiger partial charge on any atom is -0.481 e. The molecule has 0 rings (SSSR count). The first-order chi connectivity index (χ1) is 30.7. The molecule has 0 heterocycles. The summed E-state index contributed by atoms with van der Waals surface area (Å²) in [5.41, 5.74) is 11.3. The molecule has 17 nitrogen and oxygen atoms in total. The number of nitrogens with two attached hydrogens (primary N) is 2. The number of carboxylic acid groups (broad SMARTS) is 2. The van der Waals surface area contributed by atoms with Crippen LogP contribution in [0.4, 0.5) is 0 Å². The Morgan fingerprint density at radius 3 is 1.50 bits per heavy atom. The molecule has 0 fully saturated rings. The molecule has 0 aliphatic rings. The van der Waals surface area contributed by atoms with Crippen LogP contribution in [0.3, 0.4) is 0 Å². The quantitative estimate of drug-likeness (QED) is 0.0265. The molecule has 370 valence electrons. The van der Waals surface area contributed by atoms with Crippen molar-refractivity contribution < 1.29 is 58.0 Å². The van der Waals surface area contributed by atoms with Crippen LogP contribution in [0, 0.1) is 0 Å². The normalized spacial score (nSPS) is 12.9. The van der Waals surface area contributed by atoms with Gasteiger partial charge in [0.15, 0.2) is 0 Å². The molecule has 0 radical (unpaired) electrons. The molecule has 0 aromatic heterocycles. The van der Waals surface area contributed by atoms with Crippen molar-refractivity contribution in [1.29, 1.82) is 0 Å². The number of primary amides is 1. The number of carbonyl (C=O) groups excluding carboxylic acids is 6. The molecule has 0 unspecified atom stereocenters. The molecule has 0 saturated heterocycles. The number of thioether (sulfide) groups is 1. The van der Waals surface area contributed by atoms with Crippen molar-refractivity contribution in [3.05, 3.63) is 0 Å². The summed E-state index contributed by atoms with van der Waals surface area (Å²) in [6.45, 7) is 3.68. The van der Waals surface area contributed by atoms with Crippen molar-refractivity contribution in [2.45, 2.75) is 218 Å². The SMILES string of the molecule is CCCCCCCCCCCCCC(=O)OC[C@H](CSC[C@H](N)C(=O)NCC(=O)N[C@@H](CCC(N)=O)C(=O)N[C@@H](CCC(=O)O)C(=O)O)OC(=O)CCCCCCCCCCCCC. The number of hydrogen-bond acceptors (Lipinski definition) is 12. The fourth-order valence-electron chi connectivity index (χ4n) is 6.79. The molecule has 18 heteroatoms. The molecule has 0 bridgehead atoms. The summed E-state index contributed by atoms with van der Waals surface area (Å²) in [4.78, 5) is 97.6. The molecular weight excluding hydrogens is 847 g/mol. The van der Waals surface area contributed by atoms with Crippen molar-refractivity contribution >= 4 is 59.3 Å². The second-order valence-corrected chi connectivity index (χ2v) is 17.8. The minimum absolute atomic E-state index is 0.0589. The Morgan fingerprint density at radius 1 is 0.562 bits per heavy atom. The lowest BCUT2D eigenvalue weighted by Crippen LogP contribution is -2.54. The van der Waals surface area contributed by atoms with E-state index in [1.807, 2.05) is 0 Å². The van der Waals surface area contributed by atoms with Gasteiger partial charge in [-0.3, -0.25) is 33.6 Å². The molecule has 0 aromatic carbocycles. The number of carboxylic acids is 2. The number of carbonyl (C=O) groups is 8. The van der Waals surface area contributed by atoms with Gasteiger partial charge in [-0.2, -0.15) is 11.8 Å². The van der Waals surface area contributed by atoms with Crippen LogP contribution in [0.1, 0.15) is 194 Å². The topological polar surface area (TPSA) is 284 Å². The molecule has 0 saturated carbocycles. The van der Waals surface area contributed by atoms with Gasteiger partial charge in [0.2, 0.25) is 23.6 Å². The number of esters is 2. The molecule has 4 amide bonds. The number of rotatable bonds is 44. The monoisotopic (exact) mass is 930 g/mol. The Bertz CT molecular complexity index is 1340. The zero-order chi connectivity index (χ0) is 47.8. The summed E-state index contributed by atoms with van der Waals surface area (Å²) >= 11 is 1.21. The van der Waals surface area contributed by atoms with Gasteiger partial charge in [0.05, 0.1) is 12.6 Å². The number of ether oxygens (including phenoxy) is 2. The number of unbranched alkanes of at least 4 members (excludes halogenated alkanes) is 20. The van der Waals surface area contributed by atoms with Crippen molar-refractivity contribution in [1.82, 2.24) is 16.0 Å². The number of aliphatic carboxylic acids is 2. The van der Waals surface area contributed by atoms with Crippen molar-refractivity contribution in [2.75, 3.05) is 24.7 Å². The van der Waals surface area contributed by atoms with Gasteiger partial charge >= 0.3 is 23.9 Å². The Kier molecular flexibility index (Phi) is 38.1. The van der Waals surface area contributed by atoms with E-state index in [9.17, 15) is 43.5 Å². The van der Waals surface area contributed by atoms with Gasteiger partial charge in [-0.15, -0.1) is 0 Å². The van der Waals surface area contributed by atoms with E-state index in [0.717, 1.165) is 44.9 Å². The Morgan fingerprint density at radius 2 is 1.03 bits per heavy atom. The van der Waals surface area contributed by atoms with Crippen LogP contribution in [0.15, 0.2) is 0 Å². The first kappa shape index (κ1) is 60.1. The van der Waals surface area contributed by atoms with E-state index in [1.165, 1.54) is 102 Å². The summed E-state index contributed by atoms with van der Waals surface area (Å²) in [5.74, 6) is -6.60. The summed E-state index contributed by atoms with van der Waals surface area (Å²) in [7, 11) is 0. The summed E-state index contributed by atoms with van der Waals surface area (Å²) < 4.78 is 11.2. The third-order valence-corrected chi connectivity index (χ3v) is 11.9. The second-order valence-electron chi connectivity index (χ2n) is 16.7. The third kappa shape index (κ3) is 36.4. The van der Waals surface area contributed by atoms with Gasteiger partial charge in [-0.25, -0.2) is 4.79 Å². The van der Waals surface area contributed by atoms with Crippen LogP contribution in [-0.4, -0.2) is 107 Å². The fraction of sp³-hybridized carbons (Fsp3) is 0.826. The standard InChI is InChI=1S/C46H83N5O12S/c1-3-5-7-9-11-13-15-17-19-21-23-25-42(56)62-32-35(63-43(57)26-24-22-20-18-16-14-12-10-8-6-4-2)33-64-34-36(47)44(58)49-31-40(53)50-37(27-29-39(48)52)45(59)51-38(46(60)61)28-30-41(54)55/h35-38H,3-34,47H2,1-2H3,(H2,48,52)(H,49,58)(H,50,53)(H,51,59)(H,54,55)(H,60,61)/t35-,36+,37+,38+/m1/s1. The third-order valence-electron chi connectivity index (χ3n) is 10.7. The molecule has 0 spiro atoms. The predicted octanol–water partition coefficient (Wildman–Crippen LogP) is 6.20. The highest BCUT2D eigenvalue weighted by Crippen LogP contribution is 2.16. The summed E-state index contributed by atoms with van der Waals surface area (Å²) in [6.07, 6.45) is 23.5. The van der Waals surface area contributed by atoms with Crippen molar-refractivity contribution in [2.24, 2.45) is 11.5 Å². The van der Waals surface area contributed by atoms with E-state index < -0.39 is 85.2 Å². The molecular formula is C46H83N5O12S. The second kappa shape index (κ2) is 40.6. The zero-order valence-corrected chi connectivity index (χ0v) is 39.8. The minimum atomic E-state index is -1.57. The van der Waals surface area contributed by atoms with E-state index in [2.05, 4.69) is 29.8 Å². The molecule has 0 aliphatic carbocycles. The van der Waals surface area contributed by atoms with Crippen molar-refractivity contribution in [3.63, 3.8) is 0 Å². The van der Waals surface area contributed by atoms with Crippen molar-refractivity contribution in [3.8, 4) is 0 Å². The van der Waals surface area contributed by atoms with E-state index in [0.29, 0.717) is 6.42 Å². The highest BCUT2D eigenvalue weighted by atomic mass is 32.2. The predicted molar refractivity (Wildman–Crippen MR) is 248 cm³/mol. The molecule has 0 aliphatic heterocycles. The summed E-state index contributed by atoms with van der Waals surface area (Å²) in [6, 6.07) is -4.10.